The fourth-order valence-electron chi connectivity index (χ4n) is 2.85. The molecule has 0 spiro atoms. The van der Waals surface area contributed by atoms with E-state index in [-0.39, 0.29) is 11.5 Å². The van der Waals surface area contributed by atoms with Gasteiger partial charge in [0, 0.05) is 11.6 Å². The summed E-state index contributed by atoms with van der Waals surface area (Å²) in [5, 5.41) is 4.05. The molecule has 0 saturated heterocycles. The Balaban J connectivity index is 2.16. The fourth-order valence-corrected chi connectivity index (χ4v) is 3.96. The first-order chi connectivity index (χ1) is 13.4. The van der Waals surface area contributed by atoms with Crippen molar-refractivity contribution in [2.24, 2.45) is 0 Å². The second-order valence-corrected chi connectivity index (χ2v) is 8.20. The number of hydrogen-bond acceptors (Lipinski definition) is 4. The van der Waals surface area contributed by atoms with Crippen LogP contribution in [-0.4, -0.2) is 27.3 Å². The Bertz CT molecular complexity index is 1080. The summed E-state index contributed by atoms with van der Waals surface area (Å²) in [5.41, 5.74) is 1.87. The number of rotatable bonds is 6. The predicted molar refractivity (Wildman–Crippen MR) is 116 cm³/mol. The van der Waals surface area contributed by atoms with Crippen molar-refractivity contribution in [1.29, 1.82) is 0 Å². The number of aromatic nitrogens is 2. The molecule has 5 nitrogen and oxygen atoms in total. The number of hydrogen-bond donors (Lipinski definition) is 1. The van der Waals surface area contributed by atoms with Gasteiger partial charge in [0.05, 0.1) is 21.8 Å². The second kappa shape index (κ2) is 8.80. The third-order valence-corrected chi connectivity index (χ3v) is 5.89. The molecule has 0 aliphatic carbocycles. The first-order valence-corrected chi connectivity index (χ1v) is 10.4. The minimum atomic E-state index is -0.398. The summed E-state index contributed by atoms with van der Waals surface area (Å²) in [4.78, 5) is 30.3. The van der Waals surface area contributed by atoms with Crippen molar-refractivity contribution in [2.45, 2.75) is 37.6 Å². The minimum Gasteiger partial charge on any atom is -0.355 e. The maximum absolute atomic E-state index is 13.3. The first-order valence-electron chi connectivity index (χ1n) is 9.15. The van der Waals surface area contributed by atoms with E-state index in [0.29, 0.717) is 33.3 Å². The molecule has 0 saturated carbocycles. The van der Waals surface area contributed by atoms with Crippen molar-refractivity contribution in [1.82, 2.24) is 14.9 Å². The number of nitrogens with zero attached hydrogens (tertiary/aromatic N) is 2. The highest BCUT2D eigenvalue weighted by Gasteiger charge is 2.21. The van der Waals surface area contributed by atoms with Crippen LogP contribution in [-0.2, 0) is 4.79 Å². The molecule has 146 valence electrons. The van der Waals surface area contributed by atoms with Crippen LogP contribution in [0.3, 0.4) is 0 Å². The number of para-hydroxylation sites is 1. The highest BCUT2D eigenvalue weighted by molar-refractivity contribution is 8.00. The van der Waals surface area contributed by atoms with Crippen LogP contribution in [0.5, 0.6) is 0 Å². The molecular formula is C21H22ClN3O2S. The van der Waals surface area contributed by atoms with Gasteiger partial charge < -0.3 is 5.32 Å². The van der Waals surface area contributed by atoms with Crippen molar-refractivity contribution in [2.75, 3.05) is 6.54 Å². The van der Waals surface area contributed by atoms with Gasteiger partial charge in [0.2, 0.25) is 5.91 Å². The average molecular weight is 416 g/mol. The van der Waals surface area contributed by atoms with E-state index in [9.17, 15) is 9.59 Å². The van der Waals surface area contributed by atoms with Crippen LogP contribution in [0.25, 0.3) is 16.6 Å². The highest BCUT2D eigenvalue weighted by Crippen LogP contribution is 2.28. The van der Waals surface area contributed by atoms with E-state index in [4.69, 9.17) is 11.6 Å². The summed E-state index contributed by atoms with van der Waals surface area (Å²) in [5.74, 6) is -0.0800. The maximum Gasteiger partial charge on any atom is 0.266 e. The quantitative estimate of drug-likeness (QED) is 0.480. The van der Waals surface area contributed by atoms with Gasteiger partial charge in [-0.2, -0.15) is 0 Å². The average Bonchev–Trinajstić information content (AvgIpc) is 2.69. The molecule has 3 aromatic rings. The largest absolute Gasteiger partial charge is 0.355 e. The van der Waals surface area contributed by atoms with E-state index in [1.54, 1.807) is 28.8 Å². The van der Waals surface area contributed by atoms with Gasteiger partial charge in [-0.3, -0.25) is 14.2 Å². The Hall–Kier alpha value is -2.31. The zero-order chi connectivity index (χ0) is 20.3. The van der Waals surface area contributed by atoms with Crippen molar-refractivity contribution in [3.8, 4) is 5.69 Å². The third kappa shape index (κ3) is 4.08. The van der Waals surface area contributed by atoms with E-state index in [2.05, 4.69) is 10.3 Å². The highest BCUT2D eigenvalue weighted by atomic mass is 35.5. The van der Waals surface area contributed by atoms with Crippen molar-refractivity contribution in [3.63, 3.8) is 0 Å². The van der Waals surface area contributed by atoms with E-state index in [1.165, 1.54) is 11.8 Å². The lowest BCUT2D eigenvalue weighted by Gasteiger charge is -2.18. The van der Waals surface area contributed by atoms with Crippen LogP contribution in [0.4, 0.5) is 0 Å². The number of thioether (sulfide) groups is 1. The van der Waals surface area contributed by atoms with E-state index >= 15 is 0 Å². The number of halogens is 1. The van der Waals surface area contributed by atoms with Crippen LogP contribution >= 0.6 is 23.4 Å². The lowest BCUT2D eigenvalue weighted by atomic mass is 10.2. The summed E-state index contributed by atoms with van der Waals surface area (Å²) in [6.07, 6.45) is 0.865. The van der Waals surface area contributed by atoms with Crippen LogP contribution in [0, 0.1) is 6.92 Å². The molecule has 28 heavy (non-hydrogen) atoms. The molecule has 0 fully saturated rings. The third-order valence-electron chi connectivity index (χ3n) is 4.43. The summed E-state index contributed by atoms with van der Waals surface area (Å²) < 4.78 is 1.55. The van der Waals surface area contributed by atoms with Gasteiger partial charge in [0.25, 0.3) is 5.56 Å². The van der Waals surface area contributed by atoms with Crippen LogP contribution < -0.4 is 10.9 Å². The zero-order valence-corrected chi connectivity index (χ0v) is 17.6. The molecule has 1 N–H and O–H groups in total. The number of carbonyl (C=O) groups excluding carboxylic acids is 1. The van der Waals surface area contributed by atoms with Gasteiger partial charge in [0.15, 0.2) is 5.16 Å². The van der Waals surface area contributed by atoms with Gasteiger partial charge in [-0.25, -0.2) is 4.98 Å². The molecule has 1 amide bonds. The summed E-state index contributed by atoms with van der Waals surface area (Å²) in [6, 6.07) is 12.6. The number of fused-ring (bicyclic) bond motifs is 1. The Kier molecular flexibility index (Phi) is 6.42. The van der Waals surface area contributed by atoms with Crippen LogP contribution in [0.15, 0.2) is 52.4 Å². The van der Waals surface area contributed by atoms with E-state index < -0.39 is 5.25 Å². The molecule has 3 rings (SSSR count). The minimum absolute atomic E-state index is 0.0800. The van der Waals surface area contributed by atoms with Gasteiger partial charge in [-0.15, -0.1) is 0 Å². The Morgan fingerprint density at radius 2 is 2.00 bits per heavy atom. The van der Waals surface area contributed by atoms with Gasteiger partial charge >= 0.3 is 0 Å². The van der Waals surface area contributed by atoms with Crippen molar-refractivity contribution < 1.29 is 4.79 Å². The molecule has 1 atom stereocenters. The molecule has 7 heteroatoms. The molecule has 0 aliphatic rings. The molecular weight excluding hydrogens is 394 g/mol. The van der Waals surface area contributed by atoms with Crippen molar-refractivity contribution in [3.05, 3.63) is 63.4 Å². The normalized spacial score (nSPS) is 12.1. The first kappa shape index (κ1) is 20.4. The fraction of sp³-hybridized carbons (Fsp3) is 0.286. The Labute approximate surface area is 173 Å². The standard InChI is InChI=1S/C21H22ClN3O2S/c1-4-12-23-19(26)14(3)28-21-24-17-10-6-5-8-15(17)20(27)25(21)18-11-7-9-16(22)13(18)2/h5-11,14H,4,12H2,1-3H3,(H,23,26). The van der Waals surface area contributed by atoms with Gasteiger partial charge in [-0.05, 0) is 50.1 Å². The Morgan fingerprint density at radius 3 is 2.75 bits per heavy atom. The maximum atomic E-state index is 13.3. The zero-order valence-electron chi connectivity index (χ0n) is 16.0. The lowest BCUT2D eigenvalue weighted by molar-refractivity contribution is -0.120. The molecule has 2 aromatic carbocycles. The van der Waals surface area contributed by atoms with E-state index in [1.807, 2.05) is 39.0 Å². The van der Waals surface area contributed by atoms with Crippen molar-refractivity contribution >= 4 is 40.2 Å². The number of nitrogens with one attached hydrogen (secondary N) is 1. The molecule has 1 aromatic heterocycles. The number of carbonyl (C=O) groups is 1. The lowest BCUT2D eigenvalue weighted by Crippen LogP contribution is -2.32. The molecule has 0 bridgehead atoms. The smallest absolute Gasteiger partial charge is 0.266 e. The molecule has 0 aliphatic heterocycles. The molecule has 1 unspecified atom stereocenters. The number of amides is 1. The summed E-state index contributed by atoms with van der Waals surface area (Å²) in [6.45, 7) is 6.30. The van der Waals surface area contributed by atoms with Gasteiger partial charge in [0.1, 0.15) is 0 Å². The van der Waals surface area contributed by atoms with Crippen LogP contribution in [0.2, 0.25) is 5.02 Å². The Morgan fingerprint density at radius 1 is 1.25 bits per heavy atom. The molecule has 0 radical (unpaired) electrons. The number of benzene rings is 2. The summed E-state index contributed by atoms with van der Waals surface area (Å²) in [7, 11) is 0. The molecule has 1 heterocycles. The second-order valence-electron chi connectivity index (χ2n) is 6.49. The predicted octanol–water partition coefficient (Wildman–Crippen LogP) is 4.35. The summed E-state index contributed by atoms with van der Waals surface area (Å²) >= 11 is 7.56. The SMILES string of the molecule is CCCNC(=O)C(C)Sc1nc2ccccc2c(=O)n1-c1cccc(Cl)c1C. The van der Waals surface area contributed by atoms with E-state index in [0.717, 1.165) is 12.0 Å². The topological polar surface area (TPSA) is 64.0 Å². The monoisotopic (exact) mass is 415 g/mol. The van der Waals surface area contributed by atoms with Crippen LogP contribution in [0.1, 0.15) is 25.8 Å². The van der Waals surface area contributed by atoms with Gasteiger partial charge in [-0.1, -0.05) is 48.5 Å².